The molecule has 0 aliphatic carbocycles. The lowest BCUT2D eigenvalue weighted by atomic mass is 10.3. The monoisotopic (exact) mass is 220 g/mol. The van der Waals surface area contributed by atoms with Gasteiger partial charge in [0.2, 0.25) is 0 Å². The van der Waals surface area contributed by atoms with E-state index < -0.39 is 0 Å². The van der Waals surface area contributed by atoms with Crippen molar-refractivity contribution in [2.24, 2.45) is 5.11 Å². The van der Waals surface area contributed by atoms with Gasteiger partial charge in [0.1, 0.15) is 12.7 Å². The fourth-order valence-electron chi connectivity index (χ4n) is 1.18. The zero-order valence-electron chi connectivity index (χ0n) is 7.45. The summed E-state index contributed by atoms with van der Waals surface area (Å²) >= 11 is 5.98. The van der Waals surface area contributed by atoms with E-state index in [-0.39, 0.29) is 0 Å². The minimum Gasteiger partial charge on any atom is -0.223 e. The smallest absolute Gasteiger partial charge is 0.138 e. The average Bonchev–Trinajstić information content (AvgIpc) is 2.71. The molecule has 0 amide bonds. The minimum absolute atomic E-state index is 0.413. The van der Waals surface area contributed by atoms with Crippen molar-refractivity contribution >= 4 is 17.3 Å². The Bertz CT molecular complexity index is 514. The Morgan fingerprint density at radius 1 is 1.47 bits per heavy atom. The molecule has 0 bridgehead atoms. The first-order valence-corrected chi connectivity index (χ1v) is 4.39. The number of nitrogens with zero attached hydrogens (tertiary/aromatic N) is 6. The van der Waals surface area contributed by atoms with Gasteiger partial charge in [0.05, 0.1) is 16.4 Å². The number of benzene rings is 1. The Balaban J connectivity index is 2.68. The van der Waals surface area contributed by atoms with Gasteiger partial charge in [-0.05, 0) is 11.6 Å². The maximum atomic E-state index is 8.40. The van der Waals surface area contributed by atoms with Crippen molar-refractivity contribution < 1.29 is 0 Å². The van der Waals surface area contributed by atoms with E-state index in [1.54, 1.807) is 18.2 Å². The number of para-hydroxylation sites is 1. The van der Waals surface area contributed by atoms with Crippen LogP contribution < -0.4 is 0 Å². The van der Waals surface area contributed by atoms with E-state index in [1.165, 1.54) is 17.3 Å². The Morgan fingerprint density at radius 3 is 3.00 bits per heavy atom. The van der Waals surface area contributed by atoms with Crippen LogP contribution in [0.4, 0.5) is 5.69 Å². The van der Waals surface area contributed by atoms with Gasteiger partial charge >= 0.3 is 0 Å². The number of hydrogen-bond acceptors (Lipinski definition) is 3. The lowest BCUT2D eigenvalue weighted by Crippen LogP contribution is -1.95. The van der Waals surface area contributed by atoms with E-state index in [2.05, 4.69) is 20.1 Å². The third-order valence-corrected chi connectivity index (χ3v) is 2.07. The Kier molecular flexibility index (Phi) is 2.53. The third-order valence-electron chi connectivity index (χ3n) is 1.77. The standard InChI is InChI=1S/C8H5ClN6/c9-6-2-1-3-7(13-14-10)8(6)15-5-11-4-12-15/h1-5H. The summed E-state index contributed by atoms with van der Waals surface area (Å²) < 4.78 is 1.45. The zero-order valence-corrected chi connectivity index (χ0v) is 8.20. The molecular weight excluding hydrogens is 216 g/mol. The highest BCUT2D eigenvalue weighted by molar-refractivity contribution is 6.32. The molecule has 0 fully saturated rings. The van der Waals surface area contributed by atoms with E-state index >= 15 is 0 Å². The summed E-state index contributed by atoms with van der Waals surface area (Å²) in [6.45, 7) is 0. The normalized spacial score (nSPS) is 9.67. The first kappa shape index (κ1) is 9.51. The van der Waals surface area contributed by atoms with Gasteiger partial charge in [0, 0.05) is 4.91 Å². The average molecular weight is 221 g/mol. The van der Waals surface area contributed by atoms with Crippen LogP contribution in [0.1, 0.15) is 0 Å². The van der Waals surface area contributed by atoms with Gasteiger partial charge in [-0.2, -0.15) is 5.10 Å². The number of azide groups is 1. The van der Waals surface area contributed by atoms with E-state index in [9.17, 15) is 0 Å². The SMILES string of the molecule is [N-]=[N+]=Nc1cccc(Cl)c1-n1cncn1. The summed E-state index contributed by atoms with van der Waals surface area (Å²) in [6.07, 6.45) is 2.86. The summed E-state index contributed by atoms with van der Waals surface area (Å²) in [6, 6.07) is 5.05. The largest absolute Gasteiger partial charge is 0.223 e. The van der Waals surface area contributed by atoms with E-state index in [0.29, 0.717) is 16.4 Å². The second-order valence-corrected chi connectivity index (χ2v) is 3.04. The van der Waals surface area contributed by atoms with Crippen molar-refractivity contribution in [3.05, 3.63) is 46.3 Å². The van der Waals surface area contributed by atoms with Crippen molar-refractivity contribution in [2.45, 2.75) is 0 Å². The van der Waals surface area contributed by atoms with Crippen LogP contribution in [0.25, 0.3) is 16.1 Å². The van der Waals surface area contributed by atoms with Gasteiger partial charge in [-0.25, -0.2) is 9.67 Å². The molecule has 6 nitrogen and oxygen atoms in total. The molecule has 0 aliphatic rings. The summed E-state index contributed by atoms with van der Waals surface area (Å²) in [5.74, 6) is 0. The Hall–Kier alpha value is -2.04. The molecule has 0 atom stereocenters. The van der Waals surface area contributed by atoms with Crippen LogP contribution in [-0.4, -0.2) is 14.8 Å². The predicted octanol–water partition coefficient (Wildman–Crippen LogP) is 2.86. The van der Waals surface area contributed by atoms with Crippen LogP contribution in [0, 0.1) is 0 Å². The summed E-state index contributed by atoms with van der Waals surface area (Å²) in [4.78, 5) is 6.52. The van der Waals surface area contributed by atoms with Crippen molar-refractivity contribution in [2.75, 3.05) is 0 Å². The molecule has 15 heavy (non-hydrogen) atoms. The fourth-order valence-corrected chi connectivity index (χ4v) is 1.44. The summed E-state index contributed by atoms with van der Waals surface area (Å²) in [5.41, 5.74) is 9.34. The molecule has 0 N–H and O–H groups in total. The van der Waals surface area contributed by atoms with Gasteiger partial charge in [-0.1, -0.05) is 28.8 Å². The minimum atomic E-state index is 0.413. The molecule has 74 valence electrons. The molecule has 1 aromatic heterocycles. The summed E-state index contributed by atoms with van der Waals surface area (Å²) in [7, 11) is 0. The molecule has 0 radical (unpaired) electrons. The zero-order chi connectivity index (χ0) is 10.7. The van der Waals surface area contributed by atoms with Crippen LogP contribution in [0.2, 0.25) is 5.02 Å². The van der Waals surface area contributed by atoms with Gasteiger partial charge in [-0.15, -0.1) is 0 Å². The Morgan fingerprint density at radius 2 is 2.33 bits per heavy atom. The number of rotatable bonds is 2. The van der Waals surface area contributed by atoms with Gasteiger partial charge in [0.25, 0.3) is 0 Å². The number of hydrogen-bond donors (Lipinski definition) is 0. The van der Waals surface area contributed by atoms with Crippen LogP contribution in [0.15, 0.2) is 36.0 Å². The van der Waals surface area contributed by atoms with Crippen LogP contribution in [0.5, 0.6) is 0 Å². The second-order valence-electron chi connectivity index (χ2n) is 2.64. The van der Waals surface area contributed by atoms with Crippen LogP contribution in [0.3, 0.4) is 0 Å². The van der Waals surface area contributed by atoms with Crippen molar-refractivity contribution in [3.63, 3.8) is 0 Å². The summed E-state index contributed by atoms with van der Waals surface area (Å²) in [5, 5.41) is 7.91. The molecule has 1 heterocycles. The predicted molar refractivity (Wildman–Crippen MR) is 55.2 cm³/mol. The molecule has 7 heteroatoms. The Labute approximate surface area is 89.8 Å². The highest BCUT2D eigenvalue weighted by Crippen LogP contribution is 2.29. The molecule has 1 aromatic carbocycles. The van der Waals surface area contributed by atoms with Gasteiger partial charge < -0.3 is 0 Å². The maximum absolute atomic E-state index is 8.40. The molecule has 2 rings (SSSR count). The van der Waals surface area contributed by atoms with Gasteiger partial charge in [-0.3, -0.25) is 0 Å². The fraction of sp³-hybridized carbons (Fsp3) is 0. The van der Waals surface area contributed by atoms with Crippen molar-refractivity contribution in [1.29, 1.82) is 0 Å². The molecule has 0 saturated heterocycles. The topological polar surface area (TPSA) is 79.5 Å². The quantitative estimate of drug-likeness (QED) is 0.443. The first-order chi connectivity index (χ1) is 7.33. The number of aromatic nitrogens is 3. The number of halogens is 1. The molecular formula is C8H5ClN6. The van der Waals surface area contributed by atoms with Crippen LogP contribution >= 0.6 is 11.6 Å². The molecule has 0 aliphatic heterocycles. The lowest BCUT2D eigenvalue weighted by Gasteiger charge is -2.05. The van der Waals surface area contributed by atoms with Gasteiger partial charge in [0.15, 0.2) is 0 Å². The van der Waals surface area contributed by atoms with Crippen molar-refractivity contribution in [1.82, 2.24) is 14.8 Å². The molecule has 0 unspecified atom stereocenters. The lowest BCUT2D eigenvalue weighted by molar-refractivity contribution is 0.879. The van der Waals surface area contributed by atoms with E-state index in [0.717, 1.165) is 0 Å². The van der Waals surface area contributed by atoms with E-state index in [4.69, 9.17) is 17.1 Å². The van der Waals surface area contributed by atoms with Crippen molar-refractivity contribution in [3.8, 4) is 5.69 Å². The maximum Gasteiger partial charge on any atom is 0.138 e. The molecule has 0 spiro atoms. The van der Waals surface area contributed by atoms with E-state index in [1.807, 2.05) is 0 Å². The highest BCUT2D eigenvalue weighted by Gasteiger charge is 2.07. The molecule has 2 aromatic rings. The molecule has 0 saturated carbocycles. The van der Waals surface area contributed by atoms with Crippen LogP contribution in [-0.2, 0) is 0 Å². The second kappa shape index (κ2) is 4.00. The third kappa shape index (κ3) is 1.76. The highest BCUT2D eigenvalue weighted by atomic mass is 35.5. The first-order valence-electron chi connectivity index (χ1n) is 4.01.